The molecule has 0 aromatic heterocycles. The van der Waals surface area contributed by atoms with Crippen LogP contribution in [0.5, 0.6) is 0 Å². The highest BCUT2D eigenvalue weighted by Gasteiger charge is 2.22. The van der Waals surface area contributed by atoms with Gasteiger partial charge in [0.2, 0.25) is 5.91 Å². The second-order valence-corrected chi connectivity index (χ2v) is 4.49. The molecule has 4 N–H and O–H groups in total. The number of benzene rings is 1. The number of amides is 1. The molecule has 2 atom stereocenters. The maximum Gasteiger partial charge on any atom is 0.326 e. The Labute approximate surface area is 117 Å². The van der Waals surface area contributed by atoms with E-state index in [9.17, 15) is 9.59 Å². The van der Waals surface area contributed by atoms with Crippen molar-refractivity contribution in [3.8, 4) is 0 Å². The Morgan fingerprint density at radius 3 is 2.55 bits per heavy atom. The van der Waals surface area contributed by atoms with Crippen molar-refractivity contribution in [1.29, 1.82) is 0 Å². The highest BCUT2D eigenvalue weighted by molar-refractivity contribution is 5.86. The molecule has 110 valence electrons. The number of carboxylic acid groups (broad SMARTS) is 1. The van der Waals surface area contributed by atoms with Crippen molar-refractivity contribution in [2.24, 2.45) is 5.73 Å². The van der Waals surface area contributed by atoms with E-state index in [0.29, 0.717) is 12.8 Å². The average Bonchev–Trinajstić information content (AvgIpc) is 2.44. The SMILES string of the molecule is COCC(N)C(=O)NC(CCc1ccccc1)C(=O)O. The first-order chi connectivity index (χ1) is 9.54. The third-order valence-electron chi connectivity index (χ3n) is 2.86. The molecule has 0 fully saturated rings. The smallest absolute Gasteiger partial charge is 0.326 e. The van der Waals surface area contributed by atoms with E-state index in [1.165, 1.54) is 7.11 Å². The Hall–Kier alpha value is -1.92. The Morgan fingerprint density at radius 1 is 1.35 bits per heavy atom. The Kier molecular flexibility index (Phi) is 6.69. The van der Waals surface area contributed by atoms with E-state index in [4.69, 9.17) is 15.6 Å². The maximum atomic E-state index is 11.7. The molecule has 6 heteroatoms. The van der Waals surface area contributed by atoms with Crippen molar-refractivity contribution < 1.29 is 19.4 Å². The van der Waals surface area contributed by atoms with Crippen molar-refractivity contribution in [2.75, 3.05) is 13.7 Å². The molecule has 6 nitrogen and oxygen atoms in total. The summed E-state index contributed by atoms with van der Waals surface area (Å²) in [6, 6.07) is 7.68. The minimum atomic E-state index is -1.07. The predicted molar refractivity (Wildman–Crippen MR) is 74.2 cm³/mol. The molecule has 0 aliphatic heterocycles. The van der Waals surface area contributed by atoms with Crippen LogP contribution >= 0.6 is 0 Å². The zero-order valence-corrected chi connectivity index (χ0v) is 11.4. The lowest BCUT2D eigenvalue weighted by molar-refractivity contribution is -0.142. The van der Waals surface area contributed by atoms with Gasteiger partial charge in [-0.05, 0) is 18.4 Å². The van der Waals surface area contributed by atoms with Gasteiger partial charge < -0.3 is 20.9 Å². The zero-order chi connectivity index (χ0) is 15.0. The molecular formula is C14H20N2O4. The molecular weight excluding hydrogens is 260 g/mol. The van der Waals surface area contributed by atoms with E-state index >= 15 is 0 Å². The summed E-state index contributed by atoms with van der Waals surface area (Å²) in [5.74, 6) is -1.59. The van der Waals surface area contributed by atoms with Crippen LogP contribution in [0.4, 0.5) is 0 Å². The first-order valence-electron chi connectivity index (χ1n) is 6.36. The molecule has 1 amide bonds. The third kappa shape index (κ3) is 5.38. The molecule has 0 spiro atoms. The van der Waals surface area contributed by atoms with Crippen LogP contribution in [0.1, 0.15) is 12.0 Å². The van der Waals surface area contributed by atoms with Crippen LogP contribution in [0.2, 0.25) is 0 Å². The Bertz CT molecular complexity index is 436. The van der Waals surface area contributed by atoms with E-state index in [2.05, 4.69) is 5.32 Å². The van der Waals surface area contributed by atoms with E-state index in [1.807, 2.05) is 30.3 Å². The summed E-state index contributed by atoms with van der Waals surface area (Å²) in [5.41, 5.74) is 6.58. The molecule has 0 heterocycles. The van der Waals surface area contributed by atoms with Gasteiger partial charge in [0.1, 0.15) is 12.1 Å². The van der Waals surface area contributed by atoms with E-state index < -0.39 is 24.0 Å². The van der Waals surface area contributed by atoms with E-state index in [-0.39, 0.29) is 6.61 Å². The fourth-order valence-corrected chi connectivity index (χ4v) is 1.75. The van der Waals surface area contributed by atoms with E-state index in [1.54, 1.807) is 0 Å². The summed E-state index contributed by atoms with van der Waals surface area (Å²) >= 11 is 0. The summed E-state index contributed by atoms with van der Waals surface area (Å²) in [6.07, 6.45) is 0.877. The largest absolute Gasteiger partial charge is 0.480 e. The monoisotopic (exact) mass is 280 g/mol. The molecule has 0 bridgehead atoms. The fraction of sp³-hybridized carbons (Fsp3) is 0.429. The number of carbonyl (C=O) groups excluding carboxylic acids is 1. The number of methoxy groups -OCH3 is 1. The number of hydrogen-bond acceptors (Lipinski definition) is 4. The average molecular weight is 280 g/mol. The van der Waals surface area contributed by atoms with E-state index in [0.717, 1.165) is 5.56 Å². The number of rotatable bonds is 8. The normalized spacial score (nSPS) is 13.5. The van der Waals surface area contributed by atoms with Gasteiger partial charge >= 0.3 is 5.97 Å². The van der Waals surface area contributed by atoms with Crippen LogP contribution in [0.15, 0.2) is 30.3 Å². The standard InChI is InChI=1S/C14H20N2O4/c1-20-9-11(15)13(17)16-12(14(18)19)8-7-10-5-3-2-4-6-10/h2-6,11-12H,7-9,15H2,1H3,(H,16,17)(H,18,19). The fourth-order valence-electron chi connectivity index (χ4n) is 1.75. The lowest BCUT2D eigenvalue weighted by Crippen LogP contribution is -2.50. The number of nitrogens with one attached hydrogen (secondary N) is 1. The number of hydrogen-bond donors (Lipinski definition) is 3. The molecule has 1 aromatic rings. The van der Waals surface area contributed by atoms with Crippen molar-refractivity contribution in [2.45, 2.75) is 24.9 Å². The summed E-state index contributed by atoms with van der Waals surface area (Å²) < 4.78 is 4.76. The summed E-state index contributed by atoms with van der Waals surface area (Å²) in [4.78, 5) is 22.8. The topological polar surface area (TPSA) is 102 Å². The summed E-state index contributed by atoms with van der Waals surface area (Å²) in [6.45, 7) is 0.0524. The molecule has 0 saturated heterocycles. The third-order valence-corrected chi connectivity index (χ3v) is 2.86. The van der Waals surface area contributed by atoms with Crippen molar-refractivity contribution in [3.05, 3.63) is 35.9 Å². The van der Waals surface area contributed by atoms with Crippen molar-refractivity contribution >= 4 is 11.9 Å². The molecule has 2 unspecified atom stereocenters. The highest BCUT2D eigenvalue weighted by atomic mass is 16.5. The summed E-state index contributed by atoms with van der Waals surface area (Å²) in [5, 5.41) is 11.6. The zero-order valence-electron chi connectivity index (χ0n) is 11.4. The van der Waals surface area contributed by atoms with Crippen LogP contribution in [-0.2, 0) is 20.7 Å². The second kappa shape index (κ2) is 8.29. The second-order valence-electron chi connectivity index (χ2n) is 4.49. The number of aliphatic carboxylic acids is 1. The first kappa shape index (κ1) is 16.1. The van der Waals surface area contributed by atoms with Crippen molar-refractivity contribution in [1.82, 2.24) is 5.32 Å². The molecule has 0 aliphatic carbocycles. The quantitative estimate of drug-likeness (QED) is 0.629. The lowest BCUT2D eigenvalue weighted by atomic mass is 10.0. The van der Waals surface area contributed by atoms with Crippen LogP contribution in [-0.4, -0.2) is 42.8 Å². The number of carbonyl (C=O) groups is 2. The van der Waals surface area contributed by atoms with Crippen LogP contribution in [0.25, 0.3) is 0 Å². The molecule has 0 saturated carbocycles. The predicted octanol–water partition coefficient (Wildman–Crippen LogP) is 0.162. The van der Waals surface area contributed by atoms with Gasteiger partial charge in [0.25, 0.3) is 0 Å². The van der Waals surface area contributed by atoms with Gasteiger partial charge in [0.15, 0.2) is 0 Å². The van der Waals surface area contributed by atoms with Gasteiger partial charge in [0.05, 0.1) is 6.61 Å². The molecule has 1 aromatic carbocycles. The van der Waals surface area contributed by atoms with Crippen LogP contribution in [0.3, 0.4) is 0 Å². The molecule has 1 rings (SSSR count). The van der Waals surface area contributed by atoms with Gasteiger partial charge in [-0.2, -0.15) is 0 Å². The Balaban J connectivity index is 2.52. The highest BCUT2D eigenvalue weighted by Crippen LogP contribution is 2.05. The maximum absolute atomic E-state index is 11.7. The van der Waals surface area contributed by atoms with Gasteiger partial charge in [-0.1, -0.05) is 30.3 Å². The minimum absolute atomic E-state index is 0.0524. The first-order valence-corrected chi connectivity index (χ1v) is 6.36. The number of aryl methyl sites for hydroxylation is 1. The lowest BCUT2D eigenvalue weighted by Gasteiger charge is -2.17. The molecule has 0 radical (unpaired) electrons. The van der Waals surface area contributed by atoms with Crippen molar-refractivity contribution in [3.63, 3.8) is 0 Å². The molecule has 0 aliphatic rings. The number of ether oxygens (including phenoxy) is 1. The van der Waals surface area contributed by atoms with Gasteiger partial charge in [-0.25, -0.2) is 4.79 Å². The molecule has 20 heavy (non-hydrogen) atoms. The van der Waals surface area contributed by atoms with Crippen LogP contribution in [0, 0.1) is 0 Å². The summed E-state index contributed by atoms with van der Waals surface area (Å²) in [7, 11) is 1.43. The van der Waals surface area contributed by atoms with Gasteiger partial charge in [0, 0.05) is 7.11 Å². The number of nitrogens with two attached hydrogens (primary N) is 1. The Morgan fingerprint density at radius 2 is 2.00 bits per heavy atom. The van der Waals surface area contributed by atoms with Gasteiger partial charge in [-0.3, -0.25) is 4.79 Å². The van der Waals surface area contributed by atoms with Crippen LogP contribution < -0.4 is 11.1 Å². The minimum Gasteiger partial charge on any atom is -0.480 e. The van der Waals surface area contributed by atoms with Gasteiger partial charge in [-0.15, -0.1) is 0 Å². The number of carboxylic acids is 1.